The highest BCUT2D eigenvalue weighted by molar-refractivity contribution is 5.88. The van der Waals surface area contributed by atoms with Gasteiger partial charge in [-0.15, -0.1) is 0 Å². The van der Waals surface area contributed by atoms with Crippen molar-refractivity contribution in [2.45, 2.75) is 25.9 Å². The molecule has 0 bridgehead atoms. The molecule has 1 unspecified atom stereocenters. The Morgan fingerprint density at radius 3 is 2.86 bits per heavy atom. The molecule has 1 amide bonds. The van der Waals surface area contributed by atoms with Gasteiger partial charge in [0.15, 0.2) is 0 Å². The minimum atomic E-state index is -0.0784. The van der Waals surface area contributed by atoms with Crippen molar-refractivity contribution in [2.24, 2.45) is 0 Å². The standard InChI is InChI=1S/C21H23N5O2/c1-14(27)25-17-7-5-15(6-8-17)20-19-18(23-13-24-19)9-11-26(20)12-16-4-3-10-22-21(16)28-2/h3-8,10,13,20H,9,11-12H2,1-2H3,(H,23,24)(H,25,27). The molecule has 28 heavy (non-hydrogen) atoms. The van der Waals surface area contributed by atoms with Crippen LogP contribution in [0.4, 0.5) is 5.69 Å². The molecule has 2 N–H and O–H groups in total. The van der Waals surface area contributed by atoms with Crippen LogP contribution >= 0.6 is 0 Å². The molecule has 1 atom stereocenters. The summed E-state index contributed by atoms with van der Waals surface area (Å²) in [7, 11) is 1.64. The topological polar surface area (TPSA) is 83.1 Å². The summed E-state index contributed by atoms with van der Waals surface area (Å²) in [6, 6.07) is 12.0. The lowest BCUT2D eigenvalue weighted by Crippen LogP contribution is -2.36. The molecule has 0 fully saturated rings. The van der Waals surface area contributed by atoms with Crippen molar-refractivity contribution in [3.05, 3.63) is 71.4 Å². The van der Waals surface area contributed by atoms with Gasteiger partial charge in [0.2, 0.25) is 11.8 Å². The maximum Gasteiger partial charge on any atom is 0.221 e. The lowest BCUT2D eigenvalue weighted by molar-refractivity contribution is -0.114. The number of carbonyl (C=O) groups excluding carboxylic acids is 1. The van der Waals surface area contributed by atoms with Gasteiger partial charge in [-0.1, -0.05) is 18.2 Å². The molecule has 0 radical (unpaired) electrons. The van der Waals surface area contributed by atoms with E-state index in [4.69, 9.17) is 4.74 Å². The van der Waals surface area contributed by atoms with Crippen molar-refractivity contribution < 1.29 is 9.53 Å². The van der Waals surface area contributed by atoms with Crippen molar-refractivity contribution in [2.75, 3.05) is 19.0 Å². The molecule has 4 rings (SSSR count). The number of anilines is 1. The number of ether oxygens (including phenoxy) is 1. The molecule has 2 aromatic heterocycles. The molecule has 1 aromatic carbocycles. The second kappa shape index (κ2) is 7.82. The number of fused-ring (bicyclic) bond motifs is 1. The van der Waals surface area contributed by atoms with Crippen LogP contribution in [0.2, 0.25) is 0 Å². The van der Waals surface area contributed by atoms with Gasteiger partial charge in [0.1, 0.15) is 0 Å². The average Bonchev–Trinajstić information content (AvgIpc) is 3.17. The summed E-state index contributed by atoms with van der Waals surface area (Å²) in [6.45, 7) is 3.11. The van der Waals surface area contributed by atoms with Gasteiger partial charge in [0.25, 0.3) is 0 Å². The van der Waals surface area contributed by atoms with Crippen LogP contribution in [-0.4, -0.2) is 39.4 Å². The highest BCUT2D eigenvalue weighted by Crippen LogP contribution is 2.35. The predicted molar refractivity (Wildman–Crippen MR) is 106 cm³/mol. The van der Waals surface area contributed by atoms with Crippen LogP contribution in [0.25, 0.3) is 0 Å². The fraction of sp³-hybridized carbons (Fsp3) is 0.286. The molecular weight excluding hydrogens is 354 g/mol. The summed E-state index contributed by atoms with van der Waals surface area (Å²) in [5.74, 6) is 0.570. The normalized spacial score (nSPS) is 16.4. The second-order valence-corrected chi connectivity index (χ2v) is 6.86. The lowest BCUT2D eigenvalue weighted by atomic mass is 9.95. The SMILES string of the molecule is COc1ncccc1CN1CCc2[nH]cnc2C1c1ccc(NC(C)=O)cc1. The summed E-state index contributed by atoms with van der Waals surface area (Å²) < 4.78 is 5.44. The van der Waals surface area contributed by atoms with Crippen molar-refractivity contribution in [3.8, 4) is 5.88 Å². The molecule has 144 valence electrons. The number of amides is 1. The summed E-state index contributed by atoms with van der Waals surface area (Å²) in [5.41, 5.74) is 5.18. The van der Waals surface area contributed by atoms with E-state index in [9.17, 15) is 4.79 Å². The zero-order valence-corrected chi connectivity index (χ0v) is 16.0. The van der Waals surface area contributed by atoms with E-state index in [1.54, 1.807) is 19.6 Å². The molecule has 3 heterocycles. The summed E-state index contributed by atoms with van der Waals surface area (Å²) in [6.07, 6.45) is 4.42. The number of hydrogen-bond acceptors (Lipinski definition) is 5. The van der Waals surface area contributed by atoms with E-state index in [2.05, 4.69) is 25.2 Å². The number of nitrogens with zero attached hydrogens (tertiary/aromatic N) is 3. The first-order valence-corrected chi connectivity index (χ1v) is 9.27. The first-order valence-electron chi connectivity index (χ1n) is 9.27. The van der Waals surface area contributed by atoms with Crippen molar-refractivity contribution in [1.82, 2.24) is 19.9 Å². The third-order valence-electron chi connectivity index (χ3n) is 4.99. The summed E-state index contributed by atoms with van der Waals surface area (Å²) in [4.78, 5) is 25.9. The van der Waals surface area contributed by atoms with Crippen LogP contribution in [0.1, 0.15) is 35.5 Å². The van der Waals surface area contributed by atoms with Crippen LogP contribution in [0, 0.1) is 0 Å². The molecule has 7 heteroatoms. The second-order valence-electron chi connectivity index (χ2n) is 6.86. The number of methoxy groups -OCH3 is 1. The third kappa shape index (κ3) is 3.61. The molecule has 0 aliphatic carbocycles. The molecule has 0 saturated carbocycles. The number of imidazole rings is 1. The highest BCUT2D eigenvalue weighted by Gasteiger charge is 2.31. The molecule has 0 saturated heterocycles. The van der Waals surface area contributed by atoms with Gasteiger partial charge in [0, 0.05) is 49.6 Å². The van der Waals surface area contributed by atoms with E-state index < -0.39 is 0 Å². The van der Waals surface area contributed by atoms with Crippen LogP contribution < -0.4 is 10.1 Å². The predicted octanol–water partition coefficient (Wildman–Crippen LogP) is 2.92. The van der Waals surface area contributed by atoms with Crippen LogP contribution in [0.5, 0.6) is 5.88 Å². The zero-order chi connectivity index (χ0) is 19.5. The Morgan fingerprint density at radius 1 is 1.29 bits per heavy atom. The van der Waals surface area contributed by atoms with Gasteiger partial charge in [-0.3, -0.25) is 9.69 Å². The molecule has 3 aromatic rings. The number of nitrogens with one attached hydrogen (secondary N) is 2. The Labute approximate surface area is 163 Å². The number of aromatic nitrogens is 3. The van der Waals surface area contributed by atoms with E-state index in [1.807, 2.05) is 36.4 Å². The Hall–Kier alpha value is -3.19. The number of carbonyl (C=O) groups is 1. The smallest absolute Gasteiger partial charge is 0.221 e. The van der Waals surface area contributed by atoms with Gasteiger partial charge in [-0.2, -0.15) is 0 Å². The molecule has 1 aliphatic rings. The summed E-state index contributed by atoms with van der Waals surface area (Å²) in [5, 5.41) is 2.82. The van der Waals surface area contributed by atoms with Gasteiger partial charge >= 0.3 is 0 Å². The number of H-pyrrole nitrogens is 1. The quantitative estimate of drug-likeness (QED) is 0.714. The average molecular weight is 377 g/mol. The fourth-order valence-electron chi connectivity index (χ4n) is 3.76. The van der Waals surface area contributed by atoms with Gasteiger partial charge in [-0.05, 0) is 23.8 Å². The lowest BCUT2D eigenvalue weighted by Gasteiger charge is -2.35. The van der Waals surface area contributed by atoms with Gasteiger partial charge in [-0.25, -0.2) is 9.97 Å². The molecule has 0 spiro atoms. The first-order chi connectivity index (χ1) is 13.7. The van der Waals surface area contributed by atoms with Crippen LogP contribution in [-0.2, 0) is 17.8 Å². The Balaban J connectivity index is 1.67. The number of aromatic amines is 1. The number of hydrogen-bond donors (Lipinski definition) is 2. The van der Waals surface area contributed by atoms with Crippen LogP contribution in [0.15, 0.2) is 48.9 Å². The molecule has 7 nitrogen and oxygen atoms in total. The Morgan fingerprint density at radius 2 is 2.11 bits per heavy atom. The summed E-state index contributed by atoms with van der Waals surface area (Å²) >= 11 is 0. The fourth-order valence-corrected chi connectivity index (χ4v) is 3.76. The maximum atomic E-state index is 11.3. The minimum absolute atomic E-state index is 0.0197. The zero-order valence-electron chi connectivity index (χ0n) is 16.0. The van der Waals surface area contributed by atoms with Crippen molar-refractivity contribution in [3.63, 3.8) is 0 Å². The van der Waals surface area contributed by atoms with E-state index in [0.29, 0.717) is 12.4 Å². The largest absolute Gasteiger partial charge is 0.481 e. The van der Waals surface area contributed by atoms with Crippen molar-refractivity contribution >= 4 is 11.6 Å². The maximum absolute atomic E-state index is 11.3. The number of pyridine rings is 1. The van der Waals surface area contributed by atoms with E-state index in [0.717, 1.165) is 35.5 Å². The van der Waals surface area contributed by atoms with E-state index >= 15 is 0 Å². The monoisotopic (exact) mass is 377 g/mol. The Kier molecular flexibility index (Phi) is 5.08. The number of benzene rings is 1. The minimum Gasteiger partial charge on any atom is -0.481 e. The number of rotatable bonds is 5. The van der Waals surface area contributed by atoms with Gasteiger partial charge in [0.05, 0.1) is 25.2 Å². The van der Waals surface area contributed by atoms with E-state index in [1.165, 1.54) is 12.6 Å². The van der Waals surface area contributed by atoms with Crippen LogP contribution in [0.3, 0.4) is 0 Å². The Bertz CT molecular complexity index is 967. The third-order valence-corrected chi connectivity index (χ3v) is 4.99. The highest BCUT2D eigenvalue weighted by atomic mass is 16.5. The molecular formula is C21H23N5O2. The van der Waals surface area contributed by atoms with Crippen molar-refractivity contribution in [1.29, 1.82) is 0 Å². The molecule has 1 aliphatic heterocycles. The van der Waals surface area contributed by atoms with Gasteiger partial charge < -0.3 is 15.0 Å². The van der Waals surface area contributed by atoms with E-state index in [-0.39, 0.29) is 11.9 Å². The first kappa shape index (κ1) is 18.2.